The quantitative estimate of drug-likeness (QED) is 0.0261. The van der Waals surface area contributed by atoms with Gasteiger partial charge in [0.1, 0.15) is 13.2 Å². The molecular formula is C66H110O6. The van der Waals surface area contributed by atoms with Crippen LogP contribution in [0.3, 0.4) is 0 Å². The van der Waals surface area contributed by atoms with Gasteiger partial charge < -0.3 is 14.2 Å². The third-order valence-electron chi connectivity index (χ3n) is 12.5. The van der Waals surface area contributed by atoms with Crippen LogP contribution in [0.15, 0.2) is 109 Å². The SMILES string of the molecule is CC/C=C\C/C=C\C/C=C\C/C=C\CCCCCCCCC(=O)OCC(COC(=O)CCCCCCC/C=C\C/C=C\CCCCCC)OC(=O)CCCCCCCC/C=C\C/C=C\C/C=C\CCCCC. The lowest BCUT2D eigenvalue weighted by atomic mass is 10.1. The summed E-state index contributed by atoms with van der Waals surface area (Å²) >= 11 is 0. The molecule has 0 rings (SSSR count). The Hall–Kier alpha value is -3.93. The molecule has 0 fully saturated rings. The molecule has 1 atom stereocenters. The first kappa shape index (κ1) is 68.1. The van der Waals surface area contributed by atoms with Gasteiger partial charge in [0.15, 0.2) is 6.10 Å². The summed E-state index contributed by atoms with van der Waals surface area (Å²) in [6.45, 7) is 6.46. The average molecular weight is 1000 g/mol. The number of ether oxygens (including phenoxy) is 3. The van der Waals surface area contributed by atoms with E-state index in [1.165, 1.54) is 83.5 Å². The highest BCUT2D eigenvalue weighted by Crippen LogP contribution is 2.14. The van der Waals surface area contributed by atoms with Gasteiger partial charge in [0.2, 0.25) is 0 Å². The van der Waals surface area contributed by atoms with Crippen LogP contribution in [0.5, 0.6) is 0 Å². The zero-order valence-electron chi connectivity index (χ0n) is 46.9. The molecular weight excluding hydrogens is 889 g/mol. The van der Waals surface area contributed by atoms with Crippen molar-refractivity contribution in [2.24, 2.45) is 0 Å². The van der Waals surface area contributed by atoms with Crippen LogP contribution in [0.25, 0.3) is 0 Å². The Morgan fingerprint density at radius 1 is 0.292 bits per heavy atom. The predicted molar refractivity (Wildman–Crippen MR) is 311 cm³/mol. The highest BCUT2D eigenvalue weighted by Gasteiger charge is 2.19. The van der Waals surface area contributed by atoms with Crippen molar-refractivity contribution in [3.05, 3.63) is 109 Å². The fourth-order valence-electron chi connectivity index (χ4n) is 8.00. The molecule has 1 unspecified atom stereocenters. The van der Waals surface area contributed by atoms with Gasteiger partial charge in [0, 0.05) is 19.3 Å². The van der Waals surface area contributed by atoms with Gasteiger partial charge in [-0.15, -0.1) is 0 Å². The Labute approximate surface area is 444 Å². The van der Waals surface area contributed by atoms with Gasteiger partial charge in [-0.3, -0.25) is 14.4 Å². The predicted octanol–water partition coefficient (Wildman–Crippen LogP) is 20.3. The highest BCUT2D eigenvalue weighted by molar-refractivity contribution is 5.71. The second-order valence-corrected chi connectivity index (χ2v) is 19.5. The third-order valence-corrected chi connectivity index (χ3v) is 12.5. The van der Waals surface area contributed by atoms with Gasteiger partial charge in [-0.1, -0.05) is 233 Å². The first-order valence-corrected chi connectivity index (χ1v) is 29.9. The summed E-state index contributed by atoms with van der Waals surface area (Å²) in [5.74, 6) is -0.933. The Kier molecular flexibility index (Phi) is 56.4. The molecule has 0 aromatic rings. The minimum atomic E-state index is -0.800. The summed E-state index contributed by atoms with van der Waals surface area (Å²) in [4.78, 5) is 38.3. The normalized spacial score (nSPS) is 12.9. The van der Waals surface area contributed by atoms with Crippen molar-refractivity contribution in [2.75, 3.05) is 13.2 Å². The lowest BCUT2D eigenvalue weighted by Crippen LogP contribution is -2.30. The topological polar surface area (TPSA) is 78.9 Å². The van der Waals surface area contributed by atoms with Crippen LogP contribution >= 0.6 is 0 Å². The molecule has 6 nitrogen and oxygen atoms in total. The number of esters is 3. The molecule has 0 saturated carbocycles. The molecule has 0 heterocycles. The summed E-state index contributed by atoms with van der Waals surface area (Å²) < 4.78 is 16.9. The van der Waals surface area contributed by atoms with Gasteiger partial charge in [-0.2, -0.15) is 0 Å². The molecule has 0 spiro atoms. The maximum Gasteiger partial charge on any atom is 0.306 e. The molecule has 72 heavy (non-hydrogen) atoms. The van der Waals surface area contributed by atoms with Crippen molar-refractivity contribution in [3.8, 4) is 0 Å². The fourth-order valence-corrected chi connectivity index (χ4v) is 8.00. The minimum absolute atomic E-state index is 0.0968. The number of unbranched alkanes of at least 4 members (excludes halogenated alkanes) is 24. The molecule has 0 amide bonds. The van der Waals surface area contributed by atoms with Crippen LogP contribution in [0.1, 0.15) is 271 Å². The van der Waals surface area contributed by atoms with E-state index in [2.05, 4.69) is 130 Å². The third kappa shape index (κ3) is 57.0. The Balaban J connectivity index is 4.48. The molecule has 0 aliphatic heterocycles. The minimum Gasteiger partial charge on any atom is -0.462 e. The number of carbonyl (C=O) groups is 3. The van der Waals surface area contributed by atoms with E-state index in [1.54, 1.807) is 0 Å². The van der Waals surface area contributed by atoms with Gasteiger partial charge >= 0.3 is 17.9 Å². The second-order valence-electron chi connectivity index (χ2n) is 19.5. The molecule has 0 aliphatic carbocycles. The van der Waals surface area contributed by atoms with Crippen LogP contribution in [0.4, 0.5) is 0 Å². The first-order chi connectivity index (χ1) is 35.5. The van der Waals surface area contributed by atoms with Crippen molar-refractivity contribution in [3.63, 3.8) is 0 Å². The molecule has 0 aromatic carbocycles. The summed E-state index contributed by atoms with van der Waals surface area (Å²) in [6.07, 6.45) is 80.7. The highest BCUT2D eigenvalue weighted by atomic mass is 16.6. The number of allylic oxidation sites excluding steroid dienone is 18. The van der Waals surface area contributed by atoms with Crippen molar-refractivity contribution in [1.82, 2.24) is 0 Å². The van der Waals surface area contributed by atoms with Gasteiger partial charge in [0.05, 0.1) is 0 Å². The summed E-state index contributed by atoms with van der Waals surface area (Å²) in [7, 11) is 0. The second kappa shape index (κ2) is 59.6. The van der Waals surface area contributed by atoms with E-state index in [1.807, 2.05) is 0 Å². The van der Waals surface area contributed by atoms with E-state index in [9.17, 15) is 14.4 Å². The van der Waals surface area contributed by atoms with E-state index in [0.29, 0.717) is 19.3 Å². The summed E-state index contributed by atoms with van der Waals surface area (Å²) in [5.41, 5.74) is 0. The Morgan fingerprint density at radius 3 is 0.875 bits per heavy atom. The molecule has 0 radical (unpaired) electrons. The Bertz CT molecular complexity index is 1470. The molecule has 0 aromatic heterocycles. The summed E-state index contributed by atoms with van der Waals surface area (Å²) in [5, 5.41) is 0. The van der Waals surface area contributed by atoms with Crippen LogP contribution in [-0.4, -0.2) is 37.2 Å². The number of carbonyl (C=O) groups excluding carboxylic acids is 3. The monoisotopic (exact) mass is 999 g/mol. The summed E-state index contributed by atoms with van der Waals surface area (Å²) in [6, 6.07) is 0. The van der Waals surface area contributed by atoms with Crippen LogP contribution in [0.2, 0.25) is 0 Å². The van der Waals surface area contributed by atoms with Crippen LogP contribution in [-0.2, 0) is 28.6 Å². The van der Waals surface area contributed by atoms with Gasteiger partial charge in [-0.05, 0) is 128 Å². The van der Waals surface area contributed by atoms with Crippen molar-refractivity contribution >= 4 is 17.9 Å². The molecule has 0 aliphatic rings. The fraction of sp³-hybridized carbons (Fsp3) is 0.682. The first-order valence-electron chi connectivity index (χ1n) is 29.9. The Morgan fingerprint density at radius 2 is 0.542 bits per heavy atom. The van der Waals surface area contributed by atoms with Gasteiger partial charge in [0.25, 0.3) is 0 Å². The van der Waals surface area contributed by atoms with Crippen molar-refractivity contribution in [1.29, 1.82) is 0 Å². The van der Waals surface area contributed by atoms with Crippen LogP contribution in [0, 0.1) is 0 Å². The van der Waals surface area contributed by atoms with Crippen molar-refractivity contribution in [2.45, 2.75) is 277 Å². The molecule has 0 bridgehead atoms. The maximum absolute atomic E-state index is 12.9. The zero-order valence-corrected chi connectivity index (χ0v) is 46.9. The molecule has 6 heteroatoms. The number of hydrogen-bond donors (Lipinski definition) is 0. The molecule has 410 valence electrons. The average Bonchev–Trinajstić information content (AvgIpc) is 3.38. The van der Waals surface area contributed by atoms with Crippen LogP contribution < -0.4 is 0 Å². The van der Waals surface area contributed by atoms with E-state index in [4.69, 9.17) is 14.2 Å². The molecule has 0 N–H and O–H groups in total. The van der Waals surface area contributed by atoms with E-state index < -0.39 is 6.10 Å². The lowest BCUT2D eigenvalue weighted by Gasteiger charge is -2.18. The maximum atomic E-state index is 12.9. The smallest absolute Gasteiger partial charge is 0.306 e. The number of hydrogen-bond acceptors (Lipinski definition) is 6. The number of rotatable bonds is 53. The van der Waals surface area contributed by atoms with E-state index in [0.717, 1.165) is 148 Å². The van der Waals surface area contributed by atoms with E-state index in [-0.39, 0.29) is 31.1 Å². The van der Waals surface area contributed by atoms with E-state index >= 15 is 0 Å². The lowest BCUT2D eigenvalue weighted by molar-refractivity contribution is -0.167. The largest absolute Gasteiger partial charge is 0.462 e. The standard InChI is InChI=1S/C66H110O6/c1-4-7-10-13-16-19-22-25-28-31-33-35-38-41-44-47-50-53-56-59-65(68)71-62-63(61-70-64(67)58-55-52-49-46-43-40-37-30-27-24-21-18-15-12-9-6-3)72-66(69)60-57-54-51-48-45-42-39-36-34-32-29-26-23-20-17-14-11-8-5-2/h7,10,16-17,19-21,24-26,28-30,33-37,63H,4-6,8-9,11-15,18,22-23,27,31-32,38-62H2,1-3H3/b10-7-,19-16-,20-17-,24-21-,28-25-,29-26-,35-33-,36-34-,37-30-. The molecule has 0 saturated heterocycles. The zero-order chi connectivity index (χ0) is 52.2. The van der Waals surface area contributed by atoms with Gasteiger partial charge in [-0.25, -0.2) is 0 Å². The van der Waals surface area contributed by atoms with Crippen molar-refractivity contribution < 1.29 is 28.6 Å².